The van der Waals surface area contributed by atoms with Crippen LogP contribution in [0.4, 0.5) is 22.7 Å². The first-order valence-corrected chi connectivity index (χ1v) is 34.7. The van der Waals surface area contributed by atoms with Crippen LogP contribution in [-0.4, -0.2) is 43.6 Å². The molecule has 4 aliphatic carbocycles. The first kappa shape index (κ1) is 76.9. The molecule has 6 N–H and O–H groups in total. The second-order valence-corrected chi connectivity index (χ2v) is 35.5. The Morgan fingerprint density at radius 1 is 0.340 bits per heavy atom. The van der Waals surface area contributed by atoms with E-state index in [1.807, 2.05) is 36.4 Å². The van der Waals surface area contributed by atoms with E-state index in [1.165, 1.54) is 0 Å². The van der Waals surface area contributed by atoms with Crippen molar-refractivity contribution in [1.29, 1.82) is 0 Å². The van der Waals surface area contributed by atoms with E-state index in [9.17, 15) is 19.2 Å². The number of carbonyl (C=O) groups is 4. The normalized spacial score (nSPS) is 19.3. The largest absolute Gasteiger partial charge is 0.354 e. The first-order chi connectivity index (χ1) is 44.7. The standard InChI is InChI=1S/C84H98N8O4.4H2S/c1-77(2,3)47-35-45(36-48(39-47)78(4,5)6)67-59-27-31-63(85-59)71(69-55(89-73(93)51-41-81(51,13)14)23-21-24-56(69)90-74(94)52-42-82(52,15)16)65-33-29-61(87-65)68(46-37-49(79(7,8)9)40-50(38-46)80(10,11)12)62-30-34-66(88-62)72(64-32-28-60(67)86-64)70-57(91-75(95)53-43-83(53,17)18)25-22-26-58(70)92-76(96)54-44-84(54,19)20;;;;/h21-40,51-54,85,88H,41-44H2,1-20H3,(H,89,93)(H,90,94)(H,91,95)(H,92,96);4*1H2/t51-,52-,53-,54-;;;;/m1..../s1. The van der Waals surface area contributed by atoms with Crippen LogP contribution in [0.25, 0.3) is 90.9 Å². The number of hydrogen-bond donors (Lipinski definition) is 6. The van der Waals surface area contributed by atoms with Gasteiger partial charge in [-0.25, -0.2) is 9.97 Å². The van der Waals surface area contributed by atoms with E-state index in [2.05, 4.69) is 255 Å². The van der Waals surface area contributed by atoms with Gasteiger partial charge in [0, 0.05) is 79.1 Å². The Morgan fingerprint density at radius 3 is 0.760 bits per heavy atom. The van der Waals surface area contributed by atoms with E-state index in [0.29, 0.717) is 78.8 Å². The number of rotatable bonds is 12. The fourth-order valence-electron chi connectivity index (χ4n) is 14.2. The van der Waals surface area contributed by atoms with Crippen molar-refractivity contribution in [2.24, 2.45) is 45.3 Å². The third kappa shape index (κ3) is 15.0. The molecule has 6 aliphatic rings. The Morgan fingerprint density at radius 2 is 0.550 bits per heavy atom. The molecule has 2 aliphatic heterocycles. The molecule has 4 fully saturated rings. The van der Waals surface area contributed by atoms with Crippen LogP contribution in [0.5, 0.6) is 0 Å². The van der Waals surface area contributed by atoms with Gasteiger partial charge in [0.1, 0.15) is 0 Å². The smallest absolute Gasteiger partial charge is 0.228 e. The zero-order chi connectivity index (χ0) is 69.1. The fraction of sp³-hybridized carbons (Fsp3) is 0.429. The summed E-state index contributed by atoms with van der Waals surface area (Å²) in [5.74, 6) is -1.06. The molecular weight excluding hydrogens is 1310 g/mol. The molecule has 0 saturated heterocycles. The highest BCUT2D eigenvalue weighted by Gasteiger charge is 2.53. The van der Waals surface area contributed by atoms with Crippen molar-refractivity contribution in [3.63, 3.8) is 0 Å². The number of amides is 4. The molecule has 3 aromatic heterocycles. The Bertz CT molecular complexity index is 4260. The van der Waals surface area contributed by atoms with E-state index < -0.39 is 0 Å². The number of H-pyrrole nitrogens is 2. The number of aromatic nitrogens is 4. The summed E-state index contributed by atoms with van der Waals surface area (Å²) in [6.45, 7) is 44.0. The lowest BCUT2D eigenvalue weighted by atomic mass is 9.78. The van der Waals surface area contributed by atoms with Crippen LogP contribution in [0.1, 0.15) is 209 Å². The molecule has 16 heteroatoms. The SMILES string of the molecule is CC(C)(C)c1cc(-c2c3nc(c(-c4c(NC(=O)[C@H]5CC5(C)C)cccc4NC(=O)[C@H]4CC4(C)C)c4ccc([nH]4)c(-c4cc(C(C)(C)C)cc(C(C)(C)C)c4)c4nc(c(-c5c(NC(=O)[C@H]6CC6(C)C)cccc5NC(=O)[C@H]5CC5(C)C)c5ccc2[nH]5)C=C4)C=C3)cc(C(C)(C)C)c1.S.S.S.S. The van der Waals surface area contributed by atoms with Crippen LogP contribution in [0.15, 0.2) is 97.1 Å². The van der Waals surface area contributed by atoms with Crippen molar-refractivity contribution in [2.45, 2.75) is 186 Å². The summed E-state index contributed by atoms with van der Waals surface area (Å²) in [4.78, 5) is 78.2. The molecule has 4 atom stereocenters. The van der Waals surface area contributed by atoms with Crippen LogP contribution in [0, 0.1) is 45.3 Å². The zero-order valence-electron chi connectivity index (χ0n) is 62.2. The third-order valence-corrected chi connectivity index (χ3v) is 21.6. The van der Waals surface area contributed by atoms with Crippen molar-refractivity contribution in [1.82, 2.24) is 19.9 Å². The predicted molar refractivity (Wildman–Crippen MR) is 439 cm³/mol. The first-order valence-electron chi connectivity index (χ1n) is 34.7. The number of benzene rings is 4. The topological polar surface area (TPSA) is 174 Å². The highest BCUT2D eigenvalue weighted by molar-refractivity contribution is 7.59. The monoisotopic (exact) mass is 1420 g/mol. The number of anilines is 4. The summed E-state index contributed by atoms with van der Waals surface area (Å²) < 4.78 is 0. The molecule has 4 amide bonds. The fourth-order valence-corrected chi connectivity index (χ4v) is 14.2. The summed E-state index contributed by atoms with van der Waals surface area (Å²) in [5, 5.41) is 13.7. The third-order valence-electron chi connectivity index (χ3n) is 21.6. The van der Waals surface area contributed by atoms with Crippen LogP contribution in [0.3, 0.4) is 0 Å². The maximum atomic E-state index is 14.6. The Kier molecular flexibility index (Phi) is 20.4. The van der Waals surface area contributed by atoms with Gasteiger partial charge < -0.3 is 31.2 Å². The lowest BCUT2D eigenvalue weighted by Gasteiger charge is -2.26. The minimum absolute atomic E-state index is 0. The molecule has 0 radical (unpaired) electrons. The van der Waals surface area contributed by atoms with Gasteiger partial charge in [-0.2, -0.15) is 54.0 Å². The summed E-state index contributed by atoms with van der Waals surface area (Å²) in [7, 11) is 0. The molecule has 530 valence electrons. The minimum Gasteiger partial charge on any atom is -0.354 e. The number of carbonyl (C=O) groups excluding carboxylic acids is 4. The van der Waals surface area contributed by atoms with Gasteiger partial charge in [0.15, 0.2) is 0 Å². The number of aromatic amines is 2. The molecule has 7 aromatic rings. The summed E-state index contributed by atoms with van der Waals surface area (Å²) in [5.41, 5.74) is 17.0. The Balaban J connectivity index is 0.00000292. The van der Waals surface area contributed by atoms with E-state index in [-0.39, 0.29) is 145 Å². The van der Waals surface area contributed by atoms with Crippen molar-refractivity contribution in [3.8, 4) is 44.5 Å². The second kappa shape index (κ2) is 26.5. The van der Waals surface area contributed by atoms with Gasteiger partial charge in [-0.15, -0.1) is 0 Å². The summed E-state index contributed by atoms with van der Waals surface area (Å²) >= 11 is 0. The molecule has 13 rings (SSSR count). The van der Waals surface area contributed by atoms with Gasteiger partial charge in [-0.05, 0) is 175 Å². The lowest BCUT2D eigenvalue weighted by Crippen LogP contribution is -2.19. The van der Waals surface area contributed by atoms with Gasteiger partial charge in [-0.1, -0.05) is 187 Å². The highest BCUT2D eigenvalue weighted by atomic mass is 32.1. The Labute approximate surface area is 620 Å². The number of nitrogens with one attached hydrogen (secondary N) is 6. The minimum atomic E-state index is -0.242. The molecule has 8 bridgehead atoms. The predicted octanol–water partition coefficient (Wildman–Crippen LogP) is 20.9. The number of hydrogen-bond acceptors (Lipinski definition) is 6. The van der Waals surface area contributed by atoms with E-state index in [0.717, 1.165) is 81.2 Å². The van der Waals surface area contributed by atoms with E-state index >= 15 is 0 Å². The van der Waals surface area contributed by atoms with Crippen molar-refractivity contribution in [2.75, 3.05) is 21.3 Å². The van der Waals surface area contributed by atoms with E-state index in [1.54, 1.807) is 0 Å². The molecule has 5 heterocycles. The molecule has 4 saturated carbocycles. The maximum Gasteiger partial charge on any atom is 0.228 e. The molecule has 12 nitrogen and oxygen atoms in total. The van der Waals surface area contributed by atoms with Gasteiger partial charge in [0.2, 0.25) is 23.6 Å². The molecule has 0 spiro atoms. The van der Waals surface area contributed by atoms with Gasteiger partial charge in [0.05, 0.1) is 45.5 Å². The summed E-state index contributed by atoms with van der Waals surface area (Å²) in [6.07, 6.45) is 11.4. The maximum absolute atomic E-state index is 14.6. The van der Waals surface area contributed by atoms with Crippen molar-refractivity contribution >= 4 is 147 Å². The quantitative estimate of drug-likeness (QED) is 0.0710. The zero-order valence-corrected chi connectivity index (χ0v) is 66.2. The van der Waals surface area contributed by atoms with Gasteiger partial charge in [0.25, 0.3) is 0 Å². The van der Waals surface area contributed by atoms with Crippen LogP contribution >= 0.6 is 54.0 Å². The average Bonchev–Trinajstić information content (AvgIpc) is 1.57. The Hall–Kier alpha value is -7.24. The highest BCUT2D eigenvalue weighted by Crippen LogP contribution is 2.57. The molecule has 0 unspecified atom stereocenters. The lowest BCUT2D eigenvalue weighted by molar-refractivity contribution is -0.118. The van der Waals surface area contributed by atoms with Crippen molar-refractivity contribution in [3.05, 3.63) is 142 Å². The van der Waals surface area contributed by atoms with Gasteiger partial charge >= 0.3 is 0 Å². The van der Waals surface area contributed by atoms with Crippen molar-refractivity contribution < 1.29 is 19.2 Å². The van der Waals surface area contributed by atoms with Crippen LogP contribution in [-0.2, 0) is 40.8 Å². The number of fused-ring (bicyclic) bond motifs is 8. The number of nitrogens with zero attached hydrogens (tertiary/aromatic N) is 2. The van der Waals surface area contributed by atoms with Gasteiger partial charge in [-0.3, -0.25) is 19.2 Å². The average molecular weight is 1420 g/mol. The molecule has 100 heavy (non-hydrogen) atoms. The van der Waals surface area contributed by atoms with Crippen LogP contribution < -0.4 is 21.3 Å². The molecular formula is C84H106N8O4S4. The molecule has 4 aromatic carbocycles. The summed E-state index contributed by atoms with van der Waals surface area (Å²) in [6, 6.07) is 33.8. The second-order valence-electron chi connectivity index (χ2n) is 35.5. The van der Waals surface area contributed by atoms with Crippen LogP contribution in [0.2, 0.25) is 0 Å². The van der Waals surface area contributed by atoms with E-state index in [4.69, 9.17) is 9.97 Å².